The largest absolute Gasteiger partial charge is 0.343 e. The third kappa shape index (κ3) is 4.16. The number of halogens is 1. The molecule has 6 heteroatoms. The maximum atomic E-state index is 11.5. The third-order valence-electron chi connectivity index (χ3n) is 4.15. The van der Waals surface area contributed by atoms with Crippen LogP contribution >= 0.6 is 23.7 Å². The van der Waals surface area contributed by atoms with Crippen LogP contribution in [0, 0.1) is 0 Å². The summed E-state index contributed by atoms with van der Waals surface area (Å²) in [5, 5.41) is 5.99. The minimum Gasteiger partial charge on any atom is -0.343 e. The van der Waals surface area contributed by atoms with E-state index in [2.05, 4.69) is 34.3 Å². The molecule has 2 heterocycles. The SMILES string of the molecule is CCC(=O)Nc1ccc(C2=C(C)CCN(c3nccs3)C2)cc1.Cl. The molecule has 0 fully saturated rings. The number of anilines is 2. The summed E-state index contributed by atoms with van der Waals surface area (Å²) in [6.45, 7) is 5.97. The zero-order valence-electron chi connectivity index (χ0n) is 13.9. The van der Waals surface area contributed by atoms with Crippen LogP contribution in [0.25, 0.3) is 5.57 Å². The summed E-state index contributed by atoms with van der Waals surface area (Å²) >= 11 is 1.68. The molecule has 2 aromatic rings. The van der Waals surface area contributed by atoms with Gasteiger partial charge in [-0.2, -0.15) is 0 Å². The van der Waals surface area contributed by atoms with Crippen molar-refractivity contribution in [3.63, 3.8) is 0 Å². The van der Waals surface area contributed by atoms with Gasteiger partial charge in [0.15, 0.2) is 5.13 Å². The summed E-state index contributed by atoms with van der Waals surface area (Å²) in [4.78, 5) is 18.2. The number of nitrogens with zero attached hydrogens (tertiary/aromatic N) is 2. The van der Waals surface area contributed by atoms with E-state index >= 15 is 0 Å². The molecule has 0 saturated carbocycles. The van der Waals surface area contributed by atoms with Crippen molar-refractivity contribution in [3.05, 3.63) is 47.0 Å². The first-order valence-corrected chi connectivity index (χ1v) is 8.78. The van der Waals surface area contributed by atoms with Gasteiger partial charge in [-0.25, -0.2) is 4.98 Å². The number of benzene rings is 1. The highest BCUT2D eigenvalue weighted by molar-refractivity contribution is 7.13. The summed E-state index contributed by atoms with van der Waals surface area (Å²) in [6, 6.07) is 8.14. The molecule has 0 spiro atoms. The number of thiazole rings is 1. The Balaban J connectivity index is 0.00000208. The van der Waals surface area contributed by atoms with Gasteiger partial charge in [-0.1, -0.05) is 24.6 Å². The van der Waals surface area contributed by atoms with Crippen LogP contribution in [-0.4, -0.2) is 24.0 Å². The van der Waals surface area contributed by atoms with Crippen molar-refractivity contribution in [3.8, 4) is 0 Å². The molecule has 0 saturated heterocycles. The predicted octanol–water partition coefficient (Wildman–Crippen LogP) is 4.60. The fraction of sp³-hybridized carbons (Fsp3) is 0.333. The van der Waals surface area contributed by atoms with Crippen LogP contribution in [0.2, 0.25) is 0 Å². The van der Waals surface area contributed by atoms with Crippen LogP contribution in [0.15, 0.2) is 41.4 Å². The molecular formula is C18H22ClN3OS. The summed E-state index contributed by atoms with van der Waals surface area (Å²) in [5.74, 6) is 0.0424. The van der Waals surface area contributed by atoms with E-state index < -0.39 is 0 Å². The molecule has 1 aliphatic heterocycles. The summed E-state index contributed by atoms with van der Waals surface area (Å²) in [5.41, 5.74) is 4.87. The van der Waals surface area contributed by atoms with E-state index in [1.54, 1.807) is 11.3 Å². The van der Waals surface area contributed by atoms with E-state index in [4.69, 9.17) is 0 Å². The number of rotatable bonds is 4. The lowest BCUT2D eigenvalue weighted by molar-refractivity contribution is -0.115. The average molecular weight is 364 g/mol. The zero-order valence-corrected chi connectivity index (χ0v) is 15.5. The predicted molar refractivity (Wildman–Crippen MR) is 104 cm³/mol. The summed E-state index contributed by atoms with van der Waals surface area (Å²) in [6.07, 6.45) is 3.41. The number of carbonyl (C=O) groups is 1. The Hall–Kier alpha value is -1.85. The first-order valence-electron chi connectivity index (χ1n) is 7.90. The van der Waals surface area contributed by atoms with Crippen LogP contribution in [0.4, 0.5) is 10.8 Å². The fourth-order valence-electron chi connectivity index (χ4n) is 2.74. The van der Waals surface area contributed by atoms with E-state index in [0.717, 1.165) is 30.3 Å². The molecule has 0 aliphatic carbocycles. The number of carbonyl (C=O) groups excluding carboxylic acids is 1. The number of hydrogen-bond acceptors (Lipinski definition) is 4. The number of hydrogen-bond donors (Lipinski definition) is 1. The van der Waals surface area contributed by atoms with Crippen LogP contribution < -0.4 is 10.2 Å². The van der Waals surface area contributed by atoms with Crippen molar-refractivity contribution in [2.24, 2.45) is 0 Å². The molecule has 1 aromatic heterocycles. The van der Waals surface area contributed by atoms with Gasteiger partial charge in [-0.3, -0.25) is 4.79 Å². The molecule has 128 valence electrons. The topological polar surface area (TPSA) is 45.2 Å². The molecule has 1 aromatic carbocycles. The van der Waals surface area contributed by atoms with E-state index in [0.29, 0.717) is 6.42 Å². The first-order chi connectivity index (χ1) is 11.2. The molecule has 0 bridgehead atoms. The van der Waals surface area contributed by atoms with Crippen LogP contribution in [0.5, 0.6) is 0 Å². The molecular weight excluding hydrogens is 342 g/mol. The van der Waals surface area contributed by atoms with Gasteiger partial charge < -0.3 is 10.2 Å². The highest BCUT2D eigenvalue weighted by atomic mass is 35.5. The summed E-state index contributed by atoms with van der Waals surface area (Å²) in [7, 11) is 0. The third-order valence-corrected chi connectivity index (χ3v) is 4.98. The minimum absolute atomic E-state index is 0. The lowest BCUT2D eigenvalue weighted by Crippen LogP contribution is -2.30. The van der Waals surface area contributed by atoms with E-state index in [-0.39, 0.29) is 18.3 Å². The Bertz CT molecular complexity index is 710. The normalized spacial score (nSPS) is 14.3. The summed E-state index contributed by atoms with van der Waals surface area (Å²) < 4.78 is 0. The Labute approximate surface area is 153 Å². The van der Waals surface area contributed by atoms with Crippen LogP contribution in [0.1, 0.15) is 32.3 Å². The van der Waals surface area contributed by atoms with Gasteiger partial charge in [-0.05, 0) is 36.6 Å². The molecule has 4 nitrogen and oxygen atoms in total. The Morgan fingerprint density at radius 2 is 2.08 bits per heavy atom. The van der Waals surface area contributed by atoms with E-state index in [9.17, 15) is 4.79 Å². The van der Waals surface area contributed by atoms with Gasteiger partial charge in [0.25, 0.3) is 0 Å². The lowest BCUT2D eigenvalue weighted by Gasteiger charge is -2.30. The molecule has 1 amide bonds. The van der Waals surface area contributed by atoms with Gasteiger partial charge in [-0.15, -0.1) is 23.7 Å². The van der Waals surface area contributed by atoms with E-state index in [1.807, 2.05) is 30.6 Å². The monoisotopic (exact) mass is 363 g/mol. The maximum absolute atomic E-state index is 11.5. The number of aromatic nitrogens is 1. The smallest absolute Gasteiger partial charge is 0.224 e. The van der Waals surface area contributed by atoms with Gasteiger partial charge >= 0.3 is 0 Å². The van der Waals surface area contributed by atoms with Crippen molar-refractivity contribution < 1.29 is 4.79 Å². The van der Waals surface area contributed by atoms with Gasteiger partial charge in [0.2, 0.25) is 5.91 Å². The second-order valence-electron chi connectivity index (χ2n) is 5.72. The van der Waals surface area contributed by atoms with Crippen molar-refractivity contribution in [1.82, 2.24) is 4.98 Å². The zero-order chi connectivity index (χ0) is 16.2. The Morgan fingerprint density at radius 1 is 1.33 bits per heavy atom. The average Bonchev–Trinajstić information content (AvgIpc) is 3.10. The highest BCUT2D eigenvalue weighted by Gasteiger charge is 2.19. The van der Waals surface area contributed by atoms with Gasteiger partial charge in [0, 0.05) is 36.8 Å². The van der Waals surface area contributed by atoms with Gasteiger partial charge in [0.1, 0.15) is 0 Å². The van der Waals surface area contributed by atoms with Crippen molar-refractivity contribution >= 4 is 46.0 Å². The fourth-order valence-corrected chi connectivity index (χ4v) is 3.41. The van der Waals surface area contributed by atoms with Crippen molar-refractivity contribution in [1.29, 1.82) is 0 Å². The second kappa shape index (κ2) is 8.31. The molecule has 24 heavy (non-hydrogen) atoms. The Morgan fingerprint density at radius 3 is 2.71 bits per heavy atom. The molecule has 3 rings (SSSR count). The van der Waals surface area contributed by atoms with Crippen LogP contribution in [0.3, 0.4) is 0 Å². The quantitative estimate of drug-likeness (QED) is 0.863. The maximum Gasteiger partial charge on any atom is 0.224 e. The molecule has 0 unspecified atom stereocenters. The molecule has 0 radical (unpaired) electrons. The Kier molecular flexibility index (Phi) is 6.40. The number of nitrogens with one attached hydrogen (secondary N) is 1. The minimum atomic E-state index is 0. The number of amides is 1. The van der Waals surface area contributed by atoms with Crippen molar-refractivity contribution in [2.75, 3.05) is 23.3 Å². The molecule has 1 aliphatic rings. The molecule has 1 N–H and O–H groups in total. The molecule has 0 atom stereocenters. The second-order valence-corrected chi connectivity index (χ2v) is 6.60. The first kappa shape index (κ1) is 18.5. The van der Waals surface area contributed by atoms with E-state index in [1.165, 1.54) is 16.7 Å². The highest BCUT2D eigenvalue weighted by Crippen LogP contribution is 2.30. The van der Waals surface area contributed by atoms with Crippen molar-refractivity contribution in [2.45, 2.75) is 26.7 Å². The van der Waals surface area contributed by atoms with Crippen LogP contribution in [-0.2, 0) is 4.79 Å². The van der Waals surface area contributed by atoms with Gasteiger partial charge in [0.05, 0.1) is 0 Å². The lowest BCUT2D eigenvalue weighted by atomic mass is 9.95. The standard InChI is InChI=1S/C18H21N3OS.ClH/c1-3-17(22)20-15-6-4-14(5-7-15)16-12-21(10-8-13(16)2)18-19-9-11-23-18;/h4-7,9,11H,3,8,10,12H2,1-2H3,(H,20,22);1H.